The van der Waals surface area contributed by atoms with Crippen molar-refractivity contribution >= 4 is 17.7 Å². The Morgan fingerprint density at radius 2 is 2.00 bits per heavy atom. The first kappa shape index (κ1) is 20.8. The summed E-state index contributed by atoms with van der Waals surface area (Å²) in [5.41, 5.74) is 0.462. The van der Waals surface area contributed by atoms with E-state index in [-0.39, 0.29) is 43.2 Å². The fourth-order valence-electron chi connectivity index (χ4n) is 4.85. The van der Waals surface area contributed by atoms with E-state index < -0.39 is 5.92 Å². The molecule has 1 aromatic rings. The maximum Gasteiger partial charge on any atom is 0.290 e. The number of alkyl halides is 2. The monoisotopic (exact) mass is 436 g/mol. The van der Waals surface area contributed by atoms with Gasteiger partial charge >= 0.3 is 0 Å². The lowest BCUT2D eigenvalue weighted by Crippen LogP contribution is -2.48. The second-order valence-electron chi connectivity index (χ2n) is 9.01. The minimum absolute atomic E-state index is 0.0107. The molecule has 1 N–H and O–H groups in total. The Hall–Kier alpha value is -2.07. The number of hydrogen-bond donors (Lipinski definition) is 1. The third kappa shape index (κ3) is 3.95. The summed E-state index contributed by atoms with van der Waals surface area (Å²) in [5.74, 6) is -1.86. The number of fused-ring (bicyclic) bond motifs is 1. The molecule has 0 spiro atoms. The molecule has 5 rings (SSSR count). The number of piperazine rings is 1. The highest BCUT2D eigenvalue weighted by Gasteiger charge is 2.45. The highest BCUT2D eigenvalue weighted by molar-refractivity contribution is 5.77. The van der Waals surface area contributed by atoms with Crippen molar-refractivity contribution in [2.75, 3.05) is 62.2 Å². The molecule has 3 aliphatic heterocycles. The van der Waals surface area contributed by atoms with E-state index in [4.69, 9.17) is 9.72 Å². The first-order valence-electron chi connectivity index (χ1n) is 11.3. The highest BCUT2D eigenvalue weighted by atomic mass is 19.3. The summed E-state index contributed by atoms with van der Waals surface area (Å²) < 4.78 is 35.0. The third-order valence-electron chi connectivity index (χ3n) is 6.94. The number of carbonyl (C=O) groups is 1. The van der Waals surface area contributed by atoms with E-state index >= 15 is 0 Å². The van der Waals surface area contributed by atoms with E-state index in [1.807, 2.05) is 14.7 Å². The Morgan fingerprint density at radius 1 is 1.19 bits per heavy atom. The zero-order chi connectivity index (χ0) is 21.6. The van der Waals surface area contributed by atoms with Crippen molar-refractivity contribution in [3.63, 3.8) is 0 Å². The Labute approximate surface area is 180 Å². The molecule has 0 bridgehead atoms. The predicted octanol–water partition coefficient (Wildman–Crippen LogP) is 1.14. The molecule has 4 heterocycles. The number of hydrogen-bond acceptors (Lipinski definition) is 7. The molecule has 0 unspecified atom stereocenters. The van der Waals surface area contributed by atoms with Gasteiger partial charge in [0.1, 0.15) is 18.1 Å². The van der Waals surface area contributed by atoms with Gasteiger partial charge < -0.3 is 24.8 Å². The van der Waals surface area contributed by atoms with E-state index in [2.05, 4.69) is 17.2 Å². The van der Waals surface area contributed by atoms with Crippen molar-refractivity contribution in [2.45, 2.75) is 50.7 Å². The van der Waals surface area contributed by atoms with E-state index in [0.717, 1.165) is 32.5 Å². The molecule has 0 aromatic carbocycles. The van der Waals surface area contributed by atoms with Crippen molar-refractivity contribution in [3.05, 3.63) is 11.3 Å². The van der Waals surface area contributed by atoms with Gasteiger partial charge in [-0.15, -0.1) is 0 Å². The minimum atomic E-state index is -2.90. The van der Waals surface area contributed by atoms with Crippen molar-refractivity contribution in [1.29, 1.82) is 0 Å². The molecule has 1 amide bonds. The number of halogens is 2. The number of carbonyl (C=O) groups excluding carboxylic acids is 1. The van der Waals surface area contributed by atoms with Gasteiger partial charge in [0.25, 0.3) is 5.92 Å². The largest absolute Gasteiger partial charge is 0.366 e. The Balaban J connectivity index is 1.28. The normalized spacial score (nSPS) is 27.4. The van der Waals surface area contributed by atoms with Gasteiger partial charge in [-0.25, -0.2) is 4.98 Å². The van der Waals surface area contributed by atoms with E-state index in [0.29, 0.717) is 43.5 Å². The summed E-state index contributed by atoms with van der Waals surface area (Å²) in [6.07, 6.45) is 1.74. The first-order chi connectivity index (χ1) is 14.9. The number of rotatable bonds is 5. The molecular formula is C21H30F2N6O2. The molecule has 3 fully saturated rings. The van der Waals surface area contributed by atoms with Gasteiger partial charge in [-0.1, -0.05) is 0 Å². The molecule has 170 valence electrons. The van der Waals surface area contributed by atoms with Crippen molar-refractivity contribution in [1.82, 2.24) is 20.2 Å². The van der Waals surface area contributed by atoms with Crippen molar-refractivity contribution in [2.24, 2.45) is 0 Å². The van der Waals surface area contributed by atoms with Crippen LogP contribution >= 0.6 is 0 Å². The summed E-state index contributed by atoms with van der Waals surface area (Å²) in [5, 5.41) is 3.23. The summed E-state index contributed by atoms with van der Waals surface area (Å²) >= 11 is 0. The molecular weight excluding hydrogens is 406 g/mol. The topological polar surface area (TPSA) is 73.8 Å². The SMILES string of the molecule is C[C@H]1CCN1c1nc(N2CC[C@@H](OCC(=O)N3CCNCC3)C2)c2c(n1)C(F)(F)CC2. The van der Waals surface area contributed by atoms with Crippen LogP contribution in [0, 0.1) is 0 Å². The lowest BCUT2D eigenvalue weighted by molar-refractivity contribution is -0.138. The lowest BCUT2D eigenvalue weighted by atomic mass is 10.1. The molecule has 2 atom stereocenters. The van der Waals surface area contributed by atoms with Crippen LogP contribution in [-0.2, 0) is 21.9 Å². The van der Waals surface area contributed by atoms with Crippen LogP contribution in [0.2, 0.25) is 0 Å². The van der Waals surface area contributed by atoms with Crippen LogP contribution in [0.5, 0.6) is 0 Å². The van der Waals surface area contributed by atoms with E-state index in [1.165, 1.54) is 0 Å². The molecule has 0 saturated carbocycles. The fraction of sp³-hybridized carbons (Fsp3) is 0.762. The summed E-state index contributed by atoms with van der Waals surface area (Å²) in [4.78, 5) is 27.3. The van der Waals surface area contributed by atoms with E-state index in [9.17, 15) is 13.6 Å². The Morgan fingerprint density at radius 3 is 2.71 bits per heavy atom. The van der Waals surface area contributed by atoms with Crippen LogP contribution in [0.15, 0.2) is 0 Å². The summed E-state index contributed by atoms with van der Waals surface area (Å²) in [6.45, 7) is 7.19. The average Bonchev–Trinajstić information content (AvgIpc) is 3.36. The second kappa shape index (κ2) is 8.12. The summed E-state index contributed by atoms with van der Waals surface area (Å²) in [6, 6.07) is 0.270. The van der Waals surface area contributed by atoms with Gasteiger partial charge in [-0.2, -0.15) is 13.8 Å². The number of amides is 1. The van der Waals surface area contributed by atoms with Crippen molar-refractivity contribution in [3.8, 4) is 0 Å². The standard InChI is InChI=1S/C21H30F2N6O2/c1-14-3-9-29(14)20-25-18-16(2-5-21(18,22)23)19(26-20)28-8-4-15(12-28)31-13-17(30)27-10-6-24-7-11-27/h14-15,24H,2-13H2,1H3/t14-,15+/m0/s1. The number of aromatic nitrogens is 2. The maximum atomic E-state index is 14.5. The molecule has 1 aromatic heterocycles. The summed E-state index contributed by atoms with van der Waals surface area (Å²) in [7, 11) is 0. The zero-order valence-corrected chi connectivity index (χ0v) is 17.9. The van der Waals surface area contributed by atoms with Gasteiger partial charge in [0.05, 0.1) is 6.10 Å². The van der Waals surface area contributed by atoms with Crippen LogP contribution in [0.4, 0.5) is 20.5 Å². The number of ether oxygens (including phenoxy) is 1. The third-order valence-corrected chi connectivity index (χ3v) is 6.94. The lowest BCUT2D eigenvalue weighted by Gasteiger charge is -2.39. The van der Waals surface area contributed by atoms with Crippen molar-refractivity contribution < 1.29 is 18.3 Å². The molecule has 3 saturated heterocycles. The van der Waals surface area contributed by atoms with Gasteiger partial charge in [0.2, 0.25) is 11.9 Å². The fourth-order valence-corrected chi connectivity index (χ4v) is 4.85. The maximum absolute atomic E-state index is 14.5. The van der Waals surface area contributed by atoms with Gasteiger partial charge in [0.15, 0.2) is 0 Å². The number of nitrogens with one attached hydrogen (secondary N) is 1. The van der Waals surface area contributed by atoms with Crippen LogP contribution in [0.25, 0.3) is 0 Å². The predicted molar refractivity (Wildman–Crippen MR) is 112 cm³/mol. The molecule has 4 aliphatic rings. The van der Waals surface area contributed by atoms with Gasteiger partial charge in [-0.3, -0.25) is 4.79 Å². The molecule has 0 radical (unpaired) electrons. The van der Waals surface area contributed by atoms with Crippen LogP contribution in [0.1, 0.15) is 37.4 Å². The van der Waals surface area contributed by atoms with E-state index in [1.54, 1.807) is 0 Å². The first-order valence-corrected chi connectivity index (χ1v) is 11.3. The quantitative estimate of drug-likeness (QED) is 0.742. The zero-order valence-electron chi connectivity index (χ0n) is 17.9. The average molecular weight is 437 g/mol. The second-order valence-corrected chi connectivity index (χ2v) is 9.01. The van der Waals surface area contributed by atoms with Gasteiger partial charge in [0, 0.05) is 63.8 Å². The molecule has 1 aliphatic carbocycles. The van der Waals surface area contributed by atoms with Crippen LogP contribution in [0.3, 0.4) is 0 Å². The highest BCUT2D eigenvalue weighted by Crippen LogP contribution is 2.45. The Kier molecular flexibility index (Phi) is 5.45. The number of nitrogens with zero attached hydrogens (tertiary/aromatic N) is 5. The molecule has 8 nitrogen and oxygen atoms in total. The minimum Gasteiger partial charge on any atom is -0.366 e. The molecule has 31 heavy (non-hydrogen) atoms. The molecule has 10 heteroatoms. The number of anilines is 2. The van der Waals surface area contributed by atoms with Gasteiger partial charge in [-0.05, 0) is 26.2 Å². The van der Waals surface area contributed by atoms with Crippen LogP contribution < -0.4 is 15.1 Å². The smallest absolute Gasteiger partial charge is 0.290 e. The Bertz CT molecular complexity index is 847. The van der Waals surface area contributed by atoms with Crippen LogP contribution in [-0.4, -0.2) is 85.3 Å².